The maximum atomic E-state index is 12.5. The molecule has 0 unspecified atom stereocenters. The maximum Gasteiger partial charge on any atom is 0.416 e. The molecule has 7 heteroatoms. The molecule has 1 aliphatic heterocycles. The predicted octanol–water partition coefficient (Wildman–Crippen LogP) is 3.70. The van der Waals surface area contributed by atoms with Crippen LogP contribution in [-0.4, -0.2) is 36.6 Å². The van der Waals surface area contributed by atoms with Gasteiger partial charge >= 0.3 is 12.2 Å². The molecule has 2 aliphatic rings. The van der Waals surface area contributed by atoms with Crippen LogP contribution >= 0.6 is 0 Å². The Bertz CT molecular complexity index is 561. The molecular weight excluding hydrogens is 319 g/mol. The molecular formula is C17H22F3N3O. The number of nitrogens with zero attached hydrogens (tertiary/aromatic N) is 1. The largest absolute Gasteiger partial charge is 0.416 e. The Morgan fingerprint density at radius 2 is 1.71 bits per heavy atom. The number of anilines is 1. The summed E-state index contributed by atoms with van der Waals surface area (Å²) in [5, 5.41) is 6.21. The number of carbonyl (C=O) groups is 1. The van der Waals surface area contributed by atoms with E-state index in [1.54, 1.807) is 4.90 Å². The average Bonchev–Trinajstić information content (AvgIpc) is 3.37. The van der Waals surface area contributed by atoms with E-state index in [0.717, 1.165) is 37.4 Å². The molecule has 1 aromatic rings. The second kappa shape index (κ2) is 7.01. The smallest absolute Gasteiger partial charge is 0.324 e. The summed E-state index contributed by atoms with van der Waals surface area (Å²) in [6.07, 6.45) is 0.0982. The minimum atomic E-state index is -4.36. The first-order chi connectivity index (χ1) is 11.4. The molecule has 0 spiro atoms. The van der Waals surface area contributed by atoms with Crippen LogP contribution in [0.3, 0.4) is 0 Å². The van der Waals surface area contributed by atoms with Gasteiger partial charge in [0.2, 0.25) is 0 Å². The van der Waals surface area contributed by atoms with E-state index >= 15 is 0 Å². The van der Waals surface area contributed by atoms with E-state index < -0.39 is 11.7 Å². The lowest BCUT2D eigenvalue weighted by Crippen LogP contribution is -2.46. The van der Waals surface area contributed by atoms with Gasteiger partial charge in [0.1, 0.15) is 0 Å². The molecule has 0 aromatic heterocycles. The molecule has 3 rings (SSSR count). The Morgan fingerprint density at radius 3 is 2.25 bits per heavy atom. The number of rotatable bonds is 4. The van der Waals surface area contributed by atoms with Crippen molar-refractivity contribution in [2.24, 2.45) is 5.92 Å². The summed E-state index contributed by atoms with van der Waals surface area (Å²) >= 11 is 0. The Morgan fingerprint density at radius 1 is 1.08 bits per heavy atom. The molecule has 0 radical (unpaired) electrons. The number of nitrogens with one attached hydrogen (secondary N) is 2. The van der Waals surface area contributed by atoms with Gasteiger partial charge < -0.3 is 15.5 Å². The highest BCUT2D eigenvalue weighted by molar-refractivity contribution is 5.89. The van der Waals surface area contributed by atoms with Gasteiger partial charge in [0.05, 0.1) is 5.56 Å². The highest BCUT2D eigenvalue weighted by atomic mass is 19.4. The predicted molar refractivity (Wildman–Crippen MR) is 85.8 cm³/mol. The molecule has 1 saturated heterocycles. The van der Waals surface area contributed by atoms with Gasteiger partial charge in [-0.2, -0.15) is 13.2 Å². The third-order valence-corrected chi connectivity index (χ3v) is 4.64. The Hall–Kier alpha value is -1.76. The molecule has 2 N–H and O–H groups in total. The van der Waals surface area contributed by atoms with Crippen molar-refractivity contribution < 1.29 is 18.0 Å². The fraction of sp³-hybridized carbons (Fsp3) is 0.588. The maximum absolute atomic E-state index is 12.5. The molecule has 0 bridgehead atoms. The van der Waals surface area contributed by atoms with Crippen molar-refractivity contribution in [3.63, 3.8) is 0 Å². The number of likely N-dealkylation sites (tertiary alicyclic amines) is 1. The lowest BCUT2D eigenvalue weighted by atomic mass is 10.1. The summed E-state index contributed by atoms with van der Waals surface area (Å²) in [7, 11) is 0. The number of urea groups is 1. The third kappa shape index (κ3) is 4.63. The third-order valence-electron chi connectivity index (χ3n) is 4.64. The van der Waals surface area contributed by atoms with Gasteiger partial charge in [0.25, 0.3) is 0 Å². The lowest BCUT2D eigenvalue weighted by molar-refractivity contribution is -0.137. The summed E-state index contributed by atoms with van der Waals surface area (Å²) in [4.78, 5) is 13.9. The first-order valence-electron chi connectivity index (χ1n) is 8.38. The van der Waals surface area contributed by atoms with Crippen molar-refractivity contribution in [2.45, 2.75) is 37.9 Å². The van der Waals surface area contributed by atoms with E-state index in [9.17, 15) is 18.0 Å². The molecule has 24 heavy (non-hydrogen) atoms. The number of amides is 2. The van der Waals surface area contributed by atoms with Gasteiger partial charge in [-0.25, -0.2) is 4.79 Å². The zero-order chi connectivity index (χ0) is 17.2. The Kier molecular flexibility index (Phi) is 4.99. The number of halogens is 3. The van der Waals surface area contributed by atoms with Crippen LogP contribution in [0.2, 0.25) is 0 Å². The number of carbonyl (C=O) groups excluding carboxylic acids is 1. The van der Waals surface area contributed by atoms with Gasteiger partial charge in [0, 0.05) is 24.8 Å². The van der Waals surface area contributed by atoms with E-state index in [4.69, 9.17) is 0 Å². The van der Waals surface area contributed by atoms with E-state index in [1.165, 1.54) is 25.0 Å². The molecule has 2 amide bonds. The summed E-state index contributed by atoms with van der Waals surface area (Å²) in [6.45, 7) is 2.39. The van der Waals surface area contributed by atoms with Crippen molar-refractivity contribution in [2.75, 3.05) is 25.0 Å². The van der Waals surface area contributed by atoms with Crippen LogP contribution in [0.15, 0.2) is 24.3 Å². The molecule has 1 heterocycles. The lowest BCUT2D eigenvalue weighted by Gasteiger charge is -2.32. The van der Waals surface area contributed by atoms with Crippen molar-refractivity contribution in [3.05, 3.63) is 29.8 Å². The van der Waals surface area contributed by atoms with Crippen LogP contribution < -0.4 is 10.6 Å². The number of benzene rings is 1. The summed E-state index contributed by atoms with van der Waals surface area (Å²) in [6, 6.07) is 4.72. The molecule has 1 aliphatic carbocycles. The van der Waals surface area contributed by atoms with Crippen molar-refractivity contribution in [1.82, 2.24) is 10.2 Å². The number of alkyl halides is 3. The number of hydrogen-bond donors (Lipinski definition) is 2. The second-order valence-corrected chi connectivity index (χ2v) is 6.62. The average molecular weight is 341 g/mol. The fourth-order valence-electron chi connectivity index (χ4n) is 2.89. The SMILES string of the molecule is O=C(Nc1ccc(C(F)(F)F)cc1)N1CCC(NCC2CC2)CC1. The standard InChI is InChI=1S/C17H22F3N3O/c18-17(19,20)13-3-5-15(6-4-13)22-16(24)23-9-7-14(8-10-23)21-11-12-1-2-12/h3-6,12,14,21H,1-2,7-11H2,(H,22,24). The highest BCUT2D eigenvalue weighted by Gasteiger charge is 2.30. The van der Waals surface area contributed by atoms with E-state index in [1.807, 2.05) is 0 Å². The van der Waals surface area contributed by atoms with Gasteiger partial charge in [0.15, 0.2) is 0 Å². The van der Waals surface area contributed by atoms with E-state index in [2.05, 4.69) is 10.6 Å². The number of hydrogen-bond acceptors (Lipinski definition) is 2. The monoisotopic (exact) mass is 341 g/mol. The van der Waals surface area contributed by atoms with Gasteiger partial charge in [-0.15, -0.1) is 0 Å². The van der Waals surface area contributed by atoms with E-state index in [-0.39, 0.29) is 6.03 Å². The summed E-state index contributed by atoms with van der Waals surface area (Å²) in [5.74, 6) is 0.839. The number of piperidine rings is 1. The minimum Gasteiger partial charge on any atom is -0.324 e. The van der Waals surface area contributed by atoms with E-state index in [0.29, 0.717) is 24.8 Å². The molecule has 0 atom stereocenters. The van der Waals surface area contributed by atoms with Crippen LogP contribution in [0.5, 0.6) is 0 Å². The zero-order valence-electron chi connectivity index (χ0n) is 13.4. The minimum absolute atomic E-state index is 0.254. The van der Waals surface area contributed by atoms with Crippen LogP contribution in [0.25, 0.3) is 0 Å². The molecule has 1 aromatic carbocycles. The molecule has 4 nitrogen and oxygen atoms in total. The quantitative estimate of drug-likeness (QED) is 0.877. The van der Waals surface area contributed by atoms with Crippen molar-refractivity contribution in [1.29, 1.82) is 0 Å². The summed E-state index contributed by atoms with van der Waals surface area (Å²) in [5.41, 5.74) is -0.343. The van der Waals surface area contributed by atoms with Crippen LogP contribution in [0.4, 0.5) is 23.7 Å². The fourth-order valence-corrected chi connectivity index (χ4v) is 2.89. The van der Waals surface area contributed by atoms with Crippen molar-refractivity contribution in [3.8, 4) is 0 Å². The Labute approximate surface area is 139 Å². The van der Waals surface area contributed by atoms with Gasteiger partial charge in [-0.05, 0) is 62.4 Å². The Balaban J connectivity index is 1.45. The van der Waals surface area contributed by atoms with Crippen LogP contribution in [0.1, 0.15) is 31.2 Å². The first kappa shape index (κ1) is 17.1. The summed E-state index contributed by atoms with van der Waals surface area (Å²) < 4.78 is 37.6. The van der Waals surface area contributed by atoms with Crippen LogP contribution in [-0.2, 0) is 6.18 Å². The highest BCUT2D eigenvalue weighted by Crippen LogP contribution is 2.30. The normalized spacial score (nSPS) is 19.4. The second-order valence-electron chi connectivity index (χ2n) is 6.62. The molecule has 2 fully saturated rings. The van der Waals surface area contributed by atoms with Gasteiger partial charge in [-0.3, -0.25) is 0 Å². The molecule has 132 valence electrons. The van der Waals surface area contributed by atoms with Gasteiger partial charge in [-0.1, -0.05) is 0 Å². The van der Waals surface area contributed by atoms with Crippen LogP contribution in [0, 0.1) is 5.92 Å². The zero-order valence-corrected chi connectivity index (χ0v) is 13.4. The molecule has 1 saturated carbocycles. The van der Waals surface area contributed by atoms with Crippen molar-refractivity contribution >= 4 is 11.7 Å². The topological polar surface area (TPSA) is 44.4 Å². The first-order valence-corrected chi connectivity index (χ1v) is 8.38.